The maximum absolute atomic E-state index is 11.6. The molecule has 1 aliphatic rings. The summed E-state index contributed by atoms with van der Waals surface area (Å²) in [6, 6.07) is 0. The molecule has 1 aliphatic heterocycles. The molecule has 0 aliphatic carbocycles. The zero-order valence-electron chi connectivity index (χ0n) is 23.7. The molecule has 3 nitrogen and oxygen atoms in total. The third-order valence-corrected chi connectivity index (χ3v) is 8.08. The van der Waals surface area contributed by atoms with Crippen molar-refractivity contribution in [3.05, 3.63) is 22.3 Å². The number of esters is 1. The number of ether oxygens (including phenoxy) is 2. The summed E-state index contributed by atoms with van der Waals surface area (Å²) < 4.78 is 12.2. The molecule has 0 N–H and O–H groups in total. The molecular formula is C31H52O3. The van der Waals surface area contributed by atoms with E-state index in [1.54, 1.807) is 0 Å². The molecular weight excluding hydrogens is 420 g/mol. The zero-order chi connectivity index (χ0) is 25.5. The summed E-state index contributed by atoms with van der Waals surface area (Å²) in [5.74, 6) is 3.99. The van der Waals surface area contributed by atoms with E-state index in [2.05, 4.69) is 48.5 Å². The fourth-order valence-electron chi connectivity index (χ4n) is 5.56. The highest BCUT2D eigenvalue weighted by molar-refractivity contribution is 5.72. The lowest BCUT2D eigenvalue weighted by atomic mass is 9.83. The largest absolute Gasteiger partial charge is 0.487 e. The van der Waals surface area contributed by atoms with Gasteiger partial charge in [-0.3, -0.25) is 4.79 Å². The SMILES string of the molecule is CC(=O)Oc1c(C)c(C)c2c(c1C)CC[C@](C)(CCC[C@@H](C)CCC[C@H](C)CCCC(C)C)O2. The number of benzene rings is 1. The van der Waals surface area contributed by atoms with Gasteiger partial charge in [0.25, 0.3) is 0 Å². The van der Waals surface area contributed by atoms with Crippen LogP contribution in [0.25, 0.3) is 0 Å². The highest BCUT2D eigenvalue weighted by Gasteiger charge is 2.34. The van der Waals surface area contributed by atoms with Crippen LogP contribution < -0.4 is 9.47 Å². The molecule has 34 heavy (non-hydrogen) atoms. The van der Waals surface area contributed by atoms with Gasteiger partial charge in [-0.25, -0.2) is 0 Å². The Bertz CT molecular complexity index is 810. The van der Waals surface area contributed by atoms with Gasteiger partial charge in [0.2, 0.25) is 0 Å². The summed E-state index contributed by atoms with van der Waals surface area (Å²) >= 11 is 0. The van der Waals surface area contributed by atoms with Gasteiger partial charge in [-0.05, 0) is 87.8 Å². The summed E-state index contributed by atoms with van der Waals surface area (Å²) in [7, 11) is 0. The third-order valence-electron chi connectivity index (χ3n) is 8.08. The van der Waals surface area contributed by atoms with Crippen molar-refractivity contribution in [3.63, 3.8) is 0 Å². The fourth-order valence-corrected chi connectivity index (χ4v) is 5.56. The number of carbonyl (C=O) groups excluding carboxylic acids is 1. The first-order valence-electron chi connectivity index (χ1n) is 13.9. The highest BCUT2D eigenvalue weighted by atomic mass is 16.5. The Balaban J connectivity index is 1.82. The van der Waals surface area contributed by atoms with Crippen molar-refractivity contribution in [2.45, 2.75) is 139 Å². The van der Waals surface area contributed by atoms with Crippen LogP contribution in [0.1, 0.15) is 128 Å². The van der Waals surface area contributed by atoms with E-state index in [1.165, 1.54) is 63.9 Å². The Kier molecular flexibility index (Phi) is 11.0. The van der Waals surface area contributed by atoms with Crippen LogP contribution >= 0.6 is 0 Å². The number of hydrogen-bond acceptors (Lipinski definition) is 3. The molecule has 0 amide bonds. The second kappa shape index (κ2) is 13.0. The zero-order valence-corrected chi connectivity index (χ0v) is 23.7. The van der Waals surface area contributed by atoms with Gasteiger partial charge >= 0.3 is 5.97 Å². The van der Waals surface area contributed by atoms with Crippen LogP contribution in [-0.2, 0) is 11.2 Å². The molecule has 0 aromatic heterocycles. The fraction of sp³-hybridized carbons (Fsp3) is 0.774. The van der Waals surface area contributed by atoms with Crippen LogP contribution in [0.5, 0.6) is 11.5 Å². The van der Waals surface area contributed by atoms with Crippen molar-refractivity contribution in [1.82, 2.24) is 0 Å². The van der Waals surface area contributed by atoms with E-state index >= 15 is 0 Å². The predicted octanol–water partition coefficient (Wildman–Crippen LogP) is 9.06. The summed E-state index contributed by atoms with van der Waals surface area (Å²) in [4.78, 5) is 11.6. The summed E-state index contributed by atoms with van der Waals surface area (Å²) in [6.45, 7) is 19.5. The molecule has 0 bridgehead atoms. The van der Waals surface area contributed by atoms with Crippen LogP contribution in [0, 0.1) is 38.5 Å². The number of carbonyl (C=O) groups is 1. The number of fused-ring (bicyclic) bond motifs is 1. The van der Waals surface area contributed by atoms with Crippen LogP contribution in [0.4, 0.5) is 0 Å². The Morgan fingerprint density at radius 2 is 1.44 bits per heavy atom. The van der Waals surface area contributed by atoms with E-state index in [1.807, 2.05) is 6.92 Å². The minimum atomic E-state index is -0.262. The van der Waals surface area contributed by atoms with Gasteiger partial charge in [-0.2, -0.15) is 0 Å². The molecule has 0 fully saturated rings. The summed E-state index contributed by atoms with van der Waals surface area (Å²) in [5.41, 5.74) is 4.29. The molecule has 1 aromatic rings. The van der Waals surface area contributed by atoms with E-state index in [4.69, 9.17) is 9.47 Å². The molecule has 0 radical (unpaired) electrons. The van der Waals surface area contributed by atoms with E-state index in [-0.39, 0.29) is 11.6 Å². The first-order chi connectivity index (χ1) is 15.9. The normalized spacial score (nSPS) is 19.5. The standard InChI is InChI=1S/C31H52O3/c1-21(2)13-10-14-22(3)15-11-16-23(4)17-12-19-31(9)20-18-28-26(7)29(33-27(8)32)24(5)25(6)30(28)34-31/h21-23H,10-20H2,1-9H3/t22-,23+,31+/m1/s1. The van der Waals surface area contributed by atoms with Crippen LogP contribution in [0.3, 0.4) is 0 Å². The predicted molar refractivity (Wildman–Crippen MR) is 144 cm³/mol. The Morgan fingerprint density at radius 1 is 0.882 bits per heavy atom. The lowest BCUT2D eigenvalue weighted by molar-refractivity contribution is -0.132. The molecule has 0 saturated carbocycles. The second-order valence-electron chi connectivity index (χ2n) is 12.0. The Hall–Kier alpha value is -1.51. The van der Waals surface area contributed by atoms with Crippen molar-refractivity contribution < 1.29 is 14.3 Å². The van der Waals surface area contributed by atoms with Crippen molar-refractivity contribution in [2.75, 3.05) is 0 Å². The Morgan fingerprint density at radius 3 is 2.00 bits per heavy atom. The average Bonchev–Trinajstić information content (AvgIpc) is 2.74. The van der Waals surface area contributed by atoms with Crippen LogP contribution in [0.15, 0.2) is 0 Å². The minimum absolute atomic E-state index is 0.107. The van der Waals surface area contributed by atoms with Crippen LogP contribution in [-0.4, -0.2) is 11.6 Å². The summed E-state index contributed by atoms with van der Waals surface area (Å²) in [5, 5.41) is 0. The minimum Gasteiger partial charge on any atom is -0.487 e. The number of hydrogen-bond donors (Lipinski definition) is 0. The van der Waals surface area contributed by atoms with Gasteiger partial charge in [0, 0.05) is 12.5 Å². The monoisotopic (exact) mass is 472 g/mol. The van der Waals surface area contributed by atoms with E-state index < -0.39 is 0 Å². The maximum atomic E-state index is 11.6. The molecule has 194 valence electrons. The lowest BCUT2D eigenvalue weighted by Gasteiger charge is -2.38. The van der Waals surface area contributed by atoms with Gasteiger partial charge in [-0.15, -0.1) is 0 Å². The van der Waals surface area contributed by atoms with Crippen molar-refractivity contribution >= 4 is 5.97 Å². The van der Waals surface area contributed by atoms with Gasteiger partial charge in [0.05, 0.1) is 0 Å². The molecule has 0 spiro atoms. The number of rotatable bonds is 13. The highest BCUT2D eigenvalue weighted by Crippen LogP contribution is 2.45. The smallest absolute Gasteiger partial charge is 0.308 e. The van der Waals surface area contributed by atoms with Gasteiger partial charge in [0.1, 0.15) is 17.1 Å². The topological polar surface area (TPSA) is 35.5 Å². The van der Waals surface area contributed by atoms with Crippen molar-refractivity contribution in [1.29, 1.82) is 0 Å². The third kappa shape index (κ3) is 8.31. The Labute approximate surface area is 210 Å². The van der Waals surface area contributed by atoms with E-state index in [9.17, 15) is 4.79 Å². The maximum Gasteiger partial charge on any atom is 0.308 e. The molecule has 0 unspecified atom stereocenters. The quantitative estimate of drug-likeness (QED) is 0.212. The summed E-state index contributed by atoms with van der Waals surface area (Å²) in [6.07, 6.45) is 13.9. The molecule has 0 saturated heterocycles. The van der Waals surface area contributed by atoms with Crippen molar-refractivity contribution in [3.8, 4) is 11.5 Å². The van der Waals surface area contributed by atoms with Gasteiger partial charge in [0.15, 0.2) is 0 Å². The first kappa shape index (κ1) is 28.7. The van der Waals surface area contributed by atoms with Crippen molar-refractivity contribution in [2.24, 2.45) is 17.8 Å². The van der Waals surface area contributed by atoms with Gasteiger partial charge in [-0.1, -0.05) is 72.6 Å². The average molecular weight is 473 g/mol. The van der Waals surface area contributed by atoms with E-state index in [0.717, 1.165) is 65.2 Å². The molecule has 1 heterocycles. The lowest BCUT2D eigenvalue weighted by Crippen LogP contribution is -2.37. The second-order valence-corrected chi connectivity index (χ2v) is 12.0. The molecule has 3 atom stereocenters. The molecule has 1 aromatic carbocycles. The first-order valence-corrected chi connectivity index (χ1v) is 13.9. The van der Waals surface area contributed by atoms with E-state index in [0.29, 0.717) is 0 Å². The van der Waals surface area contributed by atoms with Crippen LogP contribution in [0.2, 0.25) is 0 Å². The van der Waals surface area contributed by atoms with Gasteiger partial charge < -0.3 is 9.47 Å². The molecule has 3 heteroatoms. The molecule has 2 rings (SSSR count).